The minimum Gasteiger partial charge on any atom is -0.345 e. The third-order valence-electron chi connectivity index (χ3n) is 3.85. The number of aryl methyl sites for hydroxylation is 1. The molecule has 0 bridgehead atoms. The van der Waals surface area contributed by atoms with Gasteiger partial charge < -0.3 is 5.32 Å². The minimum atomic E-state index is -0.114. The second-order valence-corrected chi connectivity index (χ2v) is 7.07. The van der Waals surface area contributed by atoms with E-state index in [2.05, 4.69) is 25.3 Å². The number of hydrogen-bond acceptors (Lipinski definition) is 6. The van der Waals surface area contributed by atoms with Crippen LogP contribution in [0.5, 0.6) is 0 Å². The summed E-state index contributed by atoms with van der Waals surface area (Å²) in [6.07, 6.45) is 6.48. The van der Waals surface area contributed by atoms with Crippen LogP contribution in [-0.2, 0) is 6.54 Å². The van der Waals surface area contributed by atoms with Crippen molar-refractivity contribution >= 4 is 28.8 Å². The second kappa shape index (κ2) is 6.62. The molecule has 3 rings (SSSR count). The number of amides is 1. The molecule has 112 valence electrons. The molecule has 0 unspecified atom stereocenters. The van der Waals surface area contributed by atoms with Crippen LogP contribution in [0.3, 0.4) is 0 Å². The van der Waals surface area contributed by atoms with Gasteiger partial charge in [0.25, 0.3) is 5.91 Å². The SMILES string of the molecule is Cc1nnsc1C(=O)NCc1nc(C2CCCCC2)cs1. The maximum atomic E-state index is 12.0. The zero-order valence-electron chi connectivity index (χ0n) is 12.0. The van der Waals surface area contributed by atoms with Gasteiger partial charge in [-0.2, -0.15) is 0 Å². The van der Waals surface area contributed by atoms with Crippen molar-refractivity contribution < 1.29 is 4.79 Å². The first-order chi connectivity index (χ1) is 10.2. The first kappa shape index (κ1) is 14.6. The van der Waals surface area contributed by atoms with Gasteiger partial charge in [0.05, 0.1) is 17.9 Å². The summed E-state index contributed by atoms with van der Waals surface area (Å²) in [6, 6.07) is 0. The number of carbonyl (C=O) groups excluding carboxylic acids is 1. The zero-order valence-corrected chi connectivity index (χ0v) is 13.6. The monoisotopic (exact) mass is 322 g/mol. The van der Waals surface area contributed by atoms with E-state index in [9.17, 15) is 4.79 Å². The summed E-state index contributed by atoms with van der Waals surface area (Å²) in [7, 11) is 0. The first-order valence-corrected chi connectivity index (χ1v) is 8.91. The van der Waals surface area contributed by atoms with Gasteiger partial charge in [-0.05, 0) is 31.3 Å². The van der Waals surface area contributed by atoms with Gasteiger partial charge in [-0.3, -0.25) is 4.79 Å². The molecule has 0 atom stereocenters. The molecule has 0 aliphatic heterocycles. The predicted octanol–water partition coefficient (Wildman–Crippen LogP) is 3.28. The Balaban J connectivity index is 1.57. The Morgan fingerprint density at radius 3 is 2.90 bits per heavy atom. The van der Waals surface area contributed by atoms with E-state index in [1.54, 1.807) is 18.3 Å². The summed E-state index contributed by atoms with van der Waals surface area (Å²) in [5, 5.41) is 9.87. The first-order valence-electron chi connectivity index (χ1n) is 7.25. The maximum Gasteiger partial charge on any atom is 0.265 e. The lowest BCUT2D eigenvalue weighted by atomic mass is 9.87. The van der Waals surface area contributed by atoms with Crippen molar-refractivity contribution in [3.05, 3.63) is 26.7 Å². The molecule has 1 aliphatic carbocycles. The van der Waals surface area contributed by atoms with Gasteiger partial charge in [0.15, 0.2) is 0 Å². The molecule has 1 fully saturated rings. The van der Waals surface area contributed by atoms with E-state index in [0.717, 1.165) is 16.5 Å². The summed E-state index contributed by atoms with van der Waals surface area (Å²) >= 11 is 2.76. The standard InChI is InChI=1S/C14H18N4OS2/c1-9-13(21-18-17-9)14(19)15-7-12-16-11(8-20-12)10-5-3-2-4-6-10/h8,10H,2-7H2,1H3,(H,15,19). The highest BCUT2D eigenvalue weighted by Gasteiger charge is 2.19. The summed E-state index contributed by atoms with van der Waals surface area (Å²) in [5.74, 6) is 0.504. The van der Waals surface area contributed by atoms with Crippen LogP contribution < -0.4 is 5.32 Å². The molecule has 0 spiro atoms. The normalized spacial score (nSPS) is 16.0. The van der Waals surface area contributed by atoms with Crippen LogP contribution in [0.25, 0.3) is 0 Å². The number of rotatable bonds is 4. The minimum absolute atomic E-state index is 0.114. The lowest BCUT2D eigenvalue weighted by Crippen LogP contribution is -2.22. The van der Waals surface area contributed by atoms with Gasteiger partial charge in [0, 0.05) is 11.3 Å². The van der Waals surface area contributed by atoms with Gasteiger partial charge in [0.1, 0.15) is 9.88 Å². The smallest absolute Gasteiger partial charge is 0.265 e. The average Bonchev–Trinajstić information content (AvgIpc) is 3.15. The molecule has 21 heavy (non-hydrogen) atoms. The third kappa shape index (κ3) is 3.47. The predicted molar refractivity (Wildman–Crippen MR) is 83.8 cm³/mol. The van der Waals surface area contributed by atoms with E-state index in [4.69, 9.17) is 0 Å². The van der Waals surface area contributed by atoms with Crippen molar-refractivity contribution in [3.63, 3.8) is 0 Å². The molecule has 2 aromatic heterocycles. The Kier molecular flexibility index (Phi) is 4.60. The van der Waals surface area contributed by atoms with Crippen LogP contribution >= 0.6 is 22.9 Å². The quantitative estimate of drug-likeness (QED) is 0.938. The topological polar surface area (TPSA) is 67.8 Å². The molecule has 2 heterocycles. The summed E-state index contributed by atoms with van der Waals surface area (Å²) < 4.78 is 3.78. The number of hydrogen-bond donors (Lipinski definition) is 1. The summed E-state index contributed by atoms with van der Waals surface area (Å²) in [6.45, 7) is 2.27. The van der Waals surface area contributed by atoms with Crippen LogP contribution in [0.1, 0.15) is 64.1 Å². The Hall–Kier alpha value is -1.34. The zero-order chi connectivity index (χ0) is 14.7. The molecule has 0 aromatic carbocycles. The lowest BCUT2D eigenvalue weighted by molar-refractivity contribution is 0.0954. The molecule has 2 aromatic rings. The van der Waals surface area contributed by atoms with Crippen molar-refractivity contribution in [2.45, 2.75) is 51.5 Å². The number of aromatic nitrogens is 3. The van der Waals surface area contributed by atoms with Gasteiger partial charge in [-0.25, -0.2) is 4.98 Å². The highest BCUT2D eigenvalue weighted by atomic mass is 32.1. The van der Waals surface area contributed by atoms with Crippen LogP contribution in [-0.4, -0.2) is 20.5 Å². The maximum absolute atomic E-state index is 12.0. The van der Waals surface area contributed by atoms with Crippen molar-refractivity contribution in [2.24, 2.45) is 0 Å². The van der Waals surface area contributed by atoms with Crippen molar-refractivity contribution in [2.75, 3.05) is 0 Å². The molecule has 1 saturated carbocycles. The number of nitrogens with one attached hydrogen (secondary N) is 1. The third-order valence-corrected chi connectivity index (χ3v) is 5.54. The summed E-state index contributed by atoms with van der Waals surface area (Å²) in [4.78, 5) is 17.3. The van der Waals surface area contributed by atoms with Gasteiger partial charge in [0.2, 0.25) is 0 Å². The second-order valence-electron chi connectivity index (χ2n) is 5.37. The fourth-order valence-electron chi connectivity index (χ4n) is 2.67. The molecular formula is C14H18N4OS2. The van der Waals surface area contributed by atoms with Crippen molar-refractivity contribution in [3.8, 4) is 0 Å². The van der Waals surface area contributed by atoms with E-state index in [1.807, 2.05) is 0 Å². The van der Waals surface area contributed by atoms with Crippen LogP contribution in [0.4, 0.5) is 0 Å². The van der Waals surface area contributed by atoms with Crippen molar-refractivity contribution in [1.29, 1.82) is 0 Å². The highest BCUT2D eigenvalue weighted by molar-refractivity contribution is 7.09. The average molecular weight is 322 g/mol. The molecule has 1 aliphatic rings. The molecular weight excluding hydrogens is 304 g/mol. The van der Waals surface area contributed by atoms with Crippen LogP contribution in [0.2, 0.25) is 0 Å². The number of carbonyl (C=O) groups is 1. The fourth-order valence-corrected chi connectivity index (χ4v) is 4.06. The van der Waals surface area contributed by atoms with E-state index in [1.165, 1.54) is 37.8 Å². The molecule has 1 amide bonds. The molecule has 1 N–H and O–H groups in total. The molecule has 7 heteroatoms. The Labute approximate surface area is 132 Å². The Morgan fingerprint density at radius 1 is 1.38 bits per heavy atom. The van der Waals surface area contributed by atoms with E-state index in [-0.39, 0.29) is 5.91 Å². The molecule has 0 radical (unpaired) electrons. The van der Waals surface area contributed by atoms with E-state index < -0.39 is 0 Å². The number of nitrogens with zero attached hydrogens (tertiary/aromatic N) is 3. The van der Waals surface area contributed by atoms with Gasteiger partial charge in [-0.1, -0.05) is 23.8 Å². The van der Waals surface area contributed by atoms with Gasteiger partial charge >= 0.3 is 0 Å². The van der Waals surface area contributed by atoms with Crippen LogP contribution in [0.15, 0.2) is 5.38 Å². The molecule has 0 saturated heterocycles. The largest absolute Gasteiger partial charge is 0.345 e. The highest BCUT2D eigenvalue weighted by Crippen LogP contribution is 2.32. The lowest BCUT2D eigenvalue weighted by Gasteiger charge is -2.19. The Morgan fingerprint density at radius 2 is 2.19 bits per heavy atom. The summed E-state index contributed by atoms with van der Waals surface area (Å²) in [5.41, 5.74) is 1.89. The Bertz CT molecular complexity index is 616. The van der Waals surface area contributed by atoms with Crippen LogP contribution in [0, 0.1) is 6.92 Å². The van der Waals surface area contributed by atoms with Gasteiger partial charge in [-0.15, -0.1) is 16.4 Å². The fraction of sp³-hybridized carbons (Fsp3) is 0.571. The van der Waals surface area contributed by atoms with E-state index >= 15 is 0 Å². The van der Waals surface area contributed by atoms with E-state index in [0.29, 0.717) is 23.0 Å². The molecule has 5 nitrogen and oxygen atoms in total. The number of thiazole rings is 1. The van der Waals surface area contributed by atoms with Crippen molar-refractivity contribution in [1.82, 2.24) is 19.9 Å².